The molecule has 0 spiro atoms. The second-order valence-corrected chi connectivity index (χ2v) is 6.85. The Morgan fingerprint density at radius 2 is 2.07 bits per heavy atom. The summed E-state index contributed by atoms with van der Waals surface area (Å²) in [6.07, 6.45) is 6.27. The molecular weight excluding hydrogens is 366 g/mol. The van der Waals surface area contributed by atoms with E-state index in [0.717, 1.165) is 40.6 Å². The topological polar surface area (TPSA) is 104 Å². The average Bonchev–Trinajstić information content (AvgIpc) is 3.49. The Labute approximate surface area is 166 Å². The molecule has 3 N–H and O–H groups in total. The molecule has 3 heterocycles. The molecule has 0 aliphatic rings. The number of carbonyl (C=O) groups excluding carboxylic acids is 1. The summed E-state index contributed by atoms with van der Waals surface area (Å²) in [5.74, 6) is 0.578. The average molecular weight is 385 g/mol. The number of nitrogens with one attached hydrogen (secondary N) is 3. The van der Waals surface area contributed by atoms with E-state index in [4.69, 9.17) is 0 Å². The highest BCUT2D eigenvalue weighted by molar-refractivity contribution is 5.98. The molecule has 0 saturated heterocycles. The fraction of sp³-hybridized carbons (Fsp3) is 0.143. The molecule has 144 valence electrons. The summed E-state index contributed by atoms with van der Waals surface area (Å²) in [7, 11) is 0. The Morgan fingerprint density at radius 1 is 1.14 bits per heavy atom. The SMILES string of the molecule is O=C(NCCCn1ccnc1)c1ccc2nc(-c3n[nH]c4ccccc34)[nH]c2c1. The van der Waals surface area contributed by atoms with Crippen molar-refractivity contribution >= 4 is 27.8 Å². The zero-order valence-electron chi connectivity index (χ0n) is 15.6. The lowest BCUT2D eigenvalue weighted by atomic mass is 10.2. The number of benzene rings is 2. The number of hydrogen-bond acceptors (Lipinski definition) is 4. The molecule has 0 atom stereocenters. The smallest absolute Gasteiger partial charge is 0.251 e. The maximum Gasteiger partial charge on any atom is 0.251 e. The van der Waals surface area contributed by atoms with Crippen molar-refractivity contribution in [1.29, 1.82) is 0 Å². The largest absolute Gasteiger partial charge is 0.352 e. The van der Waals surface area contributed by atoms with Gasteiger partial charge in [0.05, 0.1) is 22.9 Å². The van der Waals surface area contributed by atoms with Crippen LogP contribution in [0.4, 0.5) is 0 Å². The molecule has 0 saturated carbocycles. The Bertz CT molecular complexity index is 1280. The van der Waals surface area contributed by atoms with E-state index >= 15 is 0 Å². The molecule has 0 aliphatic heterocycles. The van der Waals surface area contributed by atoms with E-state index in [2.05, 4.69) is 30.5 Å². The van der Waals surface area contributed by atoms with Crippen LogP contribution in [0.2, 0.25) is 0 Å². The van der Waals surface area contributed by atoms with Crippen molar-refractivity contribution in [1.82, 2.24) is 35.0 Å². The third-order valence-corrected chi connectivity index (χ3v) is 4.88. The maximum atomic E-state index is 12.5. The molecule has 5 aromatic rings. The number of H-pyrrole nitrogens is 2. The lowest BCUT2D eigenvalue weighted by Crippen LogP contribution is -2.25. The molecule has 0 unspecified atom stereocenters. The van der Waals surface area contributed by atoms with E-state index in [-0.39, 0.29) is 5.91 Å². The van der Waals surface area contributed by atoms with Crippen molar-refractivity contribution in [3.8, 4) is 11.5 Å². The van der Waals surface area contributed by atoms with Crippen molar-refractivity contribution < 1.29 is 4.79 Å². The highest BCUT2D eigenvalue weighted by Gasteiger charge is 2.13. The molecule has 0 radical (unpaired) electrons. The molecule has 0 aliphatic carbocycles. The Balaban J connectivity index is 1.32. The van der Waals surface area contributed by atoms with E-state index in [1.807, 2.05) is 47.2 Å². The van der Waals surface area contributed by atoms with Gasteiger partial charge in [-0.25, -0.2) is 9.97 Å². The van der Waals surface area contributed by atoms with Gasteiger partial charge in [-0.15, -0.1) is 0 Å². The fourth-order valence-corrected chi connectivity index (χ4v) is 3.39. The standard InChI is InChI=1S/C21H19N7O/c29-21(23-8-3-10-28-11-9-22-13-28)14-6-7-17-18(12-14)25-20(24-17)19-15-4-1-2-5-16(15)26-27-19/h1-2,4-7,9,11-13H,3,8,10H2,(H,23,29)(H,24,25)(H,26,27). The molecule has 8 heteroatoms. The van der Waals surface area contributed by atoms with E-state index in [9.17, 15) is 4.79 Å². The predicted molar refractivity (Wildman–Crippen MR) is 110 cm³/mol. The highest BCUT2D eigenvalue weighted by atomic mass is 16.1. The van der Waals surface area contributed by atoms with Gasteiger partial charge in [0.25, 0.3) is 5.91 Å². The van der Waals surface area contributed by atoms with Crippen LogP contribution in [0.1, 0.15) is 16.8 Å². The van der Waals surface area contributed by atoms with Crippen molar-refractivity contribution in [2.45, 2.75) is 13.0 Å². The van der Waals surface area contributed by atoms with Gasteiger partial charge < -0.3 is 14.9 Å². The third kappa shape index (κ3) is 3.36. The minimum absolute atomic E-state index is 0.0982. The predicted octanol–water partition coefficient (Wildman–Crippen LogP) is 3.12. The number of aromatic nitrogens is 6. The minimum atomic E-state index is -0.0982. The monoisotopic (exact) mass is 385 g/mol. The number of fused-ring (bicyclic) bond motifs is 2. The summed E-state index contributed by atoms with van der Waals surface area (Å²) in [6.45, 7) is 1.42. The molecule has 1 amide bonds. The number of aryl methyl sites for hydroxylation is 1. The molecule has 0 bridgehead atoms. The van der Waals surface area contributed by atoms with Crippen molar-refractivity contribution in [3.63, 3.8) is 0 Å². The van der Waals surface area contributed by atoms with Gasteiger partial charge in [-0.05, 0) is 30.7 Å². The minimum Gasteiger partial charge on any atom is -0.352 e. The first-order chi connectivity index (χ1) is 14.3. The number of para-hydroxylation sites is 1. The quantitative estimate of drug-likeness (QED) is 0.391. The van der Waals surface area contributed by atoms with Crippen LogP contribution in [0, 0.1) is 0 Å². The van der Waals surface area contributed by atoms with Crippen molar-refractivity contribution in [2.75, 3.05) is 6.54 Å². The Morgan fingerprint density at radius 3 is 2.97 bits per heavy atom. The van der Waals surface area contributed by atoms with Gasteiger partial charge in [0.1, 0.15) is 5.69 Å². The van der Waals surface area contributed by atoms with Crippen molar-refractivity contribution in [3.05, 3.63) is 66.7 Å². The molecule has 5 rings (SSSR count). The summed E-state index contributed by atoms with van der Waals surface area (Å²) in [5, 5.41) is 11.4. The van der Waals surface area contributed by atoms with E-state index in [1.54, 1.807) is 18.6 Å². The maximum absolute atomic E-state index is 12.5. The summed E-state index contributed by atoms with van der Waals surface area (Å²) in [5.41, 5.74) is 3.92. The highest BCUT2D eigenvalue weighted by Crippen LogP contribution is 2.26. The number of rotatable bonds is 6. The molecule has 3 aromatic heterocycles. The summed E-state index contributed by atoms with van der Waals surface area (Å²) in [4.78, 5) is 24.4. The van der Waals surface area contributed by atoms with Gasteiger partial charge in [0, 0.05) is 36.4 Å². The number of nitrogens with zero attached hydrogens (tertiary/aromatic N) is 4. The Kier molecular flexibility index (Phi) is 4.28. The molecule has 2 aromatic carbocycles. The number of aromatic amines is 2. The van der Waals surface area contributed by atoms with Crippen LogP contribution in [0.3, 0.4) is 0 Å². The second kappa shape index (κ2) is 7.23. The summed E-state index contributed by atoms with van der Waals surface area (Å²) >= 11 is 0. The van der Waals surface area contributed by atoms with E-state index in [0.29, 0.717) is 17.9 Å². The lowest BCUT2D eigenvalue weighted by Gasteiger charge is -2.06. The number of carbonyl (C=O) groups is 1. The summed E-state index contributed by atoms with van der Waals surface area (Å²) in [6, 6.07) is 13.4. The molecule has 0 fully saturated rings. The van der Waals surface area contributed by atoms with Crippen LogP contribution in [-0.4, -0.2) is 42.2 Å². The second-order valence-electron chi connectivity index (χ2n) is 6.85. The van der Waals surface area contributed by atoms with Gasteiger partial charge in [0.15, 0.2) is 5.82 Å². The van der Waals surface area contributed by atoms with Gasteiger partial charge in [-0.3, -0.25) is 9.89 Å². The van der Waals surface area contributed by atoms with Crippen LogP contribution < -0.4 is 5.32 Å². The molecule has 8 nitrogen and oxygen atoms in total. The zero-order chi connectivity index (χ0) is 19.6. The van der Waals surface area contributed by atoms with Crippen molar-refractivity contribution in [2.24, 2.45) is 0 Å². The first-order valence-corrected chi connectivity index (χ1v) is 9.45. The van der Waals surface area contributed by atoms with Gasteiger partial charge in [-0.1, -0.05) is 18.2 Å². The van der Waals surface area contributed by atoms with Crippen LogP contribution in [0.25, 0.3) is 33.5 Å². The number of hydrogen-bond donors (Lipinski definition) is 3. The van der Waals surface area contributed by atoms with Crippen LogP contribution in [0.15, 0.2) is 61.2 Å². The summed E-state index contributed by atoms with van der Waals surface area (Å²) < 4.78 is 1.99. The normalized spacial score (nSPS) is 11.3. The zero-order valence-corrected chi connectivity index (χ0v) is 15.6. The first-order valence-electron chi connectivity index (χ1n) is 9.45. The first kappa shape index (κ1) is 17.2. The Hall–Kier alpha value is -3.94. The van der Waals surface area contributed by atoms with E-state index in [1.165, 1.54) is 0 Å². The molecule has 29 heavy (non-hydrogen) atoms. The number of amides is 1. The van der Waals surface area contributed by atoms with Crippen LogP contribution in [0.5, 0.6) is 0 Å². The molecular formula is C21H19N7O. The van der Waals surface area contributed by atoms with Crippen LogP contribution in [-0.2, 0) is 6.54 Å². The van der Waals surface area contributed by atoms with Crippen LogP contribution >= 0.6 is 0 Å². The number of imidazole rings is 2. The fourth-order valence-electron chi connectivity index (χ4n) is 3.39. The van der Waals surface area contributed by atoms with E-state index < -0.39 is 0 Å². The van der Waals surface area contributed by atoms with Gasteiger partial charge >= 0.3 is 0 Å². The van der Waals surface area contributed by atoms with Gasteiger partial charge in [-0.2, -0.15) is 5.10 Å². The van der Waals surface area contributed by atoms with Gasteiger partial charge in [0.2, 0.25) is 0 Å². The lowest BCUT2D eigenvalue weighted by molar-refractivity contribution is 0.0953. The third-order valence-electron chi connectivity index (χ3n) is 4.88.